The van der Waals surface area contributed by atoms with Gasteiger partial charge in [0.2, 0.25) is 10.0 Å². The Kier molecular flexibility index (Phi) is 2.88. The molecule has 1 aromatic rings. The molecule has 0 saturated carbocycles. The molecule has 0 aliphatic carbocycles. The topological polar surface area (TPSA) is 37.4 Å². The van der Waals surface area contributed by atoms with Gasteiger partial charge in [0.05, 0.1) is 4.90 Å². The minimum atomic E-state index is -3.31. The van der Waals surface area contributed by atoms with E-state index in [9.17, 15) is 8.42 Å². The van der Waals surface area contributed by atoms with Crippen LogP contribution >= 0.6 is 15.9 Å². The van der Waals surface area contributed by atoms with Crippen LogP contribution in [0.3, 0.4) is 0 Å². The normalized spacial score (nSPS) is 20.4. The van der Waals surface area contributed by atoms with Crippen molar-refractivity contribution in [3.8, 4) is 0 Å². The number of nitrogens with zero attached hydrogens (tertiary/aromatic N) is 1. The van der Waals surface area contributed by atoms with E-state index in [4.69, 9.17) is 0 Å². The average molecular weight is 304 g/mol. The van der Waals surface area contributed by atoms with E-state index in [2.05, 4.69) is 15.9 Å². The van der Waals surface area contributed by atoms with Gasteiger partial charge in [0.25, 0.3) is 0 Å². The number of benzene rings is 1. The molecule has 2 rings (SSSR count). The fraction of sp³-hybridized carbons (Fsp3) is 0.455. The van der Waals surface area contributed by atoms with Crippen LogP contribution in [0.1, 0.15) is 20.3 Å². The monoisotopic (exact) mass is 303 g/mol. The molecule has 1 aliphatic rings. The Morgan fingerprint density at radius 1 is 1.25 bits per heavy atom. The summed E-state index contributed by atoms with van der Waals surface area (Å²) in [5.74, 6) is 0. The summed E-state index contributed by atoms with van der Waals surface area (Å²) in [5, 5.41) is 0. The number of sulfonamides is 1. The number of hydrogen-bond donors (Lipinski definition) is 0. The van der Waals surface area contributed by atoms with E-state index in [1.54, 1.807) is 28.6 Å². The highest BCUT2D eigenvalue weighted by molar-refractivity contribution is 9.10. The van der Waals surface area contributed by atoms with Crippen molar-refractivity contribution in [3.63, 3.8) is 0 Å². The first kappa shape index (κ1) is 12.1. The van der Waals surface area contributed by atoms with Crippen LogP contribution in [-0.4, -0.2) is 24.8 Å². The second-order valence-electron chi connectivity index (χ2n) is 4.59. The fourth-order valence-corrected chi connectivity index (χ4v) is 3.90. The molecule has 0 spiro atoms. The first-order chi connectivity index (χ1) is 7.34. The third-order valence-electron chi connectivity index (χ3n) is 3.00. The van der Waals surface area contributed by atoms with E-state index < -0.39 is 10.0 Å². The Morgan fingerprint density at radius 2 is 1.81 bits per heavy atom. The summed E-state index contributed by atoms with van der Waals surface area (Å²) in [7, 11) is -3.31. The molecule has 1 heterocycles. The molecular weight excluding hydrogens is 290 g/mol. The van der Waals surface area contributed by atoms with Gasteiger partial charge in [-0.2, -0.15) is 4.31 Å². The Morgan fingerprint density at radius 3 is 2.19 bits per heavy atom. The van der Waals surface area contributed by atoms with Crippen molar-refractivity contribution in [2.24, 2.45) is 0 Å². The van der Waals surface area contributed by atoms with Gasteiger partial charge in [-0.1, -0.05) is 15.9 Å². The van der Waals surface area contributed by atoms with Crippen molar-refractivity contribution < 1.29 is 8.42 Å². The fourth-order valence-electron chi connectivity index (χ4n) is 1.83. The van der Waals surface area contributed by atoms with Crippen LogP contribution in [0.4, 0.5) is 0 Å². The largest absolute Gasteiger partial charge is 0.243 e. The number of halogens is 1. The molecule has 3 nitrogen and oxygen atoms in total. The van der Waals surface area contributed by atoms with Gasteiger partial charge in [-0.05, 0) is 44.5 Å². The molecule has 0 amide bonds. The highest BCUT2D eigenvalue weighted by Gasteiger charge is 2.44. The molecule has 1 aromatic carbocycles. The lowest BCUT2D eigenvalue weighted by Gasteiger charge is -2.46. The maximum Gasteiger partial charge on any atom is 0.243 e. The lowest BCUT2D eigenvalue weighted by molar-refractivity contribution is 0.110. The van der Waals surface area contributed by atoms with E-state index in [-0.39, 0.29) is 5.54 Å². The van der Waals surface area contributed by atoms with Crippen LogP contribution in [0.15, 0.2) is 33.6 Å². The van der Waals surface area contributed by atoms with Gasteiger partial charge in [-0.25, -0.2) is 8.42 Å². The summed E-state index contributed by atoms with van der Waals surface area (Å²) >= 11 is 3.29. The van der Waals surface area contributed by atoms with Crippen LogP contribution in [-0.2, 0) is 10.0 Å². The van der Waals surface area contributed by atoms with E-state index >= 15 is 0 Å². The second-order valence-corrected chi connectivity index (χ2v) is 7.37. The molecule has 1 aliphatic heterocycles. The van der Waals surface area contributed by atoms with Crippen molar-refractivity contribution in [1.29, 1.82) is 0 Å². The first-order valence-electron chi connectivity index (χ1n) is 5.12. The maximum atomic E-state index is 12.3. The van der Waals surface area contributed by atoms with E-state index in [0.717, 1.165) is 10.9 Å². The summed E-state index contributed by atoms with van der Waals surface area (Å²) in [6.45, 7) is 4.52. The molecule has 16 heavy (non-hydrogen) atoms. The molecule has 0 aromatic heterocycles. The number of rotatable bonds is 2. The molecule has 0 bridgehead atoms. The molecule has 5 heteroatoms. The van der Waals surface area contributed by atoms with Crippen LogP contribution < -0.4 is 0 Å². The minimum absolute atomic E-state index is 0.244. The molecule has 0 N–H and O–H groups in total. The summed E-state index contributed by atoms with van der Waals surface area (Å²) in [4.78, 5) is 0.364. The molecular formula is C11H14BrNO2S. The van der Waals surface area contributed by atoms with Crippen LogP contribution in [0.5, 0.6) is 0 Å². The Labute approximate surface area is 105 Å². The standard InChI is InChI=1S/C11H14BrNO2S/c1-11(2)7-8-13(11)16(14,15)10-5-3-9(12)4-6-10/h3-6H,7-8H2,1-2H3. The Bertz CT molecular complexity index is 493. The smallest absolute Gasteiger partial charge is 0.207 e. The van der Waals surface area contributed by atoms with Crippen molar-refractivity contribution >= 4 is 26.0 Å². The van der Waals surface area contributed by atoms with E-state index in [0.29, 0.717) is 11.4 Å². The average Bonchev–Trinajstić information content (AvgIpc) is 2.16. The maximum absolute atomic E-state index is 12.3. The second kappa shape index (κ2) is 3.82. The summed E-state index contributed by atoms with van der Waals surface area (Å²) in [5.41, 5.74) is -0.244. The van der Waals surface area contributed by atoms with Gasteiger partial charge in [0.1, 0.15) is 0 Å². The highest BCUT2D eigenvalue weighted by Crippen LogP contribution is 2.35. The predicted octanol–water partition coefficient (Wildman–Crippen LogP) is 2.62. The van der Waals surface area contributed by atoms with Crippen molar-refractivity contribution in [2.45, 2.75) is 30.7 Å². The molecule has 88 valence electrons. The van der Waals surface area contributed by atoms with Gasteiger partial charge >= 0.3 is 0 Å². The molecule has 1 fully saturated rings. The SMILES string of the molecule is CC1(C)CCN1S(=O)(=O)c1ccc(Br)cc1. The van der Waals surface area contributed by atoms with Crippen LogP contribution in [0.2, 0.25) is 0 Å². The van der Waals surface area contributed by atoms with Crippen molar-refractivity contribution in [1.82, 2.24) is 4.31 Å². The third kappa shape index (κ3) is 1.92. The van der Waals surface area contributed by atoms with E-state index in [1.807, 2.05) is 13.8 Å². The predicted molar refractivity (Wildman–Crippen MR) is 66.7 cm³/mol. The van der Waals surface area contributed by atoms with Crippen molar-refractivity contribution in [2.75, 3.05) is 6.54 Å². The zero-order chi connectivity index (χ0) is 12.0. The molecule has 0 unspecified atom stereocenters. The zero-order valence-corrected chi connectivity index (χ0v) is 11.7. The van der Waals surface area contributed by atoms with Gasteiger partial charge < -0.3 is 0 Å². The summed E-state index contributed by atoms with van der Waals surface area (Å²) in [6, 6.07) is 6.76. The molecule has 0 radical (unpaired) electrons. The summed E-state index contributed by atoms with van der Waals surface area (Å²) < 4.78 is 26.9. The lowest BCUT2D eigenvalue weighted by Crippen LogP contribution is -2.58. The summed E-state index contributed by atoms with van der Waals surface area (Å²) in [6.07, 6.45) is 0.919. The van der Waals surface area contributed by atoms with Crippen molar-refractivity contribution in [3.05, 3.63) is 28.7 Å². The van der Waals surface area contributed by atoms with Gasteiger partial charge in [-0.3, -0.25) is 0 Å². The molecule has 1 saturated heterocycles. The molecule has 0 atom stereocenters. The quantitative estimate of drug-likeness (QED) is 0.842. The Hall–Kier alpha value is -0.390. The Balaban J connectivity index is 2.36. The van der Waals surface area contributed by atoms with Gasteiger partial charge in [0, 0.05) is 16.6 Å². The lowest BCUT2D eigenvalue weighted by atomic mass is 9.93. The van der Waals surface area contributed by atoms with Crippen LogP contribution in [0, 0.1) is 0 Å². The third-order valence-corrected chi connectivity index (χ3v) is 5.66. The van der Waals surface area contributed by atoms with Gasteiger partial charge in [0.15, 0.2) is 0 Å². The first-order valence-corrected chi connectivity index (χ1v) is 7.36. The van der Waals surface area contributed by atoms with Crippen LogP contribution in [0.25, 0.3) is 0 Å². The minimum Gasteiger partial charge on any atom is -0.207 e. The van der Waals surface area contributed by atoms with E-state index in [1.165, 1.54) is 0 Å². The number of hydrogen-bond acceptors (Lipinski definition) is 2. The van der Waals surface area contributed by atoms with Gasteiger partial charge in [-0.15, -0.1) is 0 Å². The zero-order valence-electron chi connectivity index (χ0n) is 9.27. The highest BCUT2D eigenvalue weighted by atomic mass is 79.9.